The number of alkyl halides is 1. The number of carbonyl (C=O) groups excluding carboxylic acids is 2. The third-order valence-corrected chi connectivity index (χ3v) is 7.59. The second-order valence-electron chi connectivity index (χ2n) is 8.93. The van der Waals surface area contributed by atoms with E-state index >= 15 is 0 Å². The van der Waals surface area contributed by atoms with Crippen molar-refractivity contribution in [3.63, 3.8) is 0 Å². The van der Waals surface area contributed by atoms with E-state index in [0.717, 1.165) is 32.1 Å². The van der Waals surface area contributed by atoms with E-state index in [2.05, 4.69) is 6.92 Å². The maximum absolute atomic E-state index is 14.8. The lowest BCUT2D eigenvalue weighted by molar-refractivity contribution is -0.146. The molecule has 0 N–H and O–H groups in total. The van der Waals surface area contributed by atoms with Crippen LogP contribution in [0.15, 0.2) is 11.1 Å². The normalized spacial score (nSPS) is 43.8. The van der Waals surface area contributed by atoms with Gasteiger partial charge in [-0.25, -0.2) is 4.39 Å². The van der Waals surface area contributed by atoms with Gasteiger partial charge >= 0.3 is 5.97 Å². The number of ether oxygens (including phenoxy) is 1. The lowest BCUT2D eigenvalue weighted by atomic mass is 9.57. The largest absolute Gasteiger partial charge is 0.462 e. The summed E-state index contributed by atoms with van der Waals surface area (Å²) in [7, 11) is 0. The number of carbonyl (C=O) groups is 2. The van der Waals surface area contributed by atoms with Gasteiger partial charge in [0.05, 0.1) is 0 Å². The first-order valence-corrected chi connectivity index (χ1v) is 9.94. The van der Waals surface area contributed by atoms with Crippen LogP contribution in [0, 0.1) is 23.2 Å². The molecule has 4 aliphatic carbocycles. The highest BCUT2D eigenvalue weighted by atomic mass is 19.1. The summed E-state index contributed by atoms with van der Waals surface area (Å²) < 4.78 is 20.2. The van der Waals surface area contributed by atoms with Crippen LogP contribution in [-0.4, -0.2) is 24.0 Å². The molecule has 4 rings (SSSR count). The van der Waals surface area contributed by atoms with E-state index < -0.39 is 6.17 Å². The molecule has 6 atom stereocenters. The molecule has 25 heavy (non-hydrogen) atoms. The highest BCUT2D eigenvalue weighted by molar-refractivity contribution is 5.87. The van der Waals surface area contributed by atoms with Gasteiger partial charge in [0.15, 0.2) is 0 Å². The van der Waals surface area contributed by atoms with Gasteiger partial charge in [-0.2, -0.15) is 0 Å². The molecule has 2 saturated carbocycles. The molecular formula is C21H29FO3. The van der Waals surface area contributed by atoms with E-state index in [-0.39, 0.29) is 17.5 Å². The quantitative estimate of drug-likeness (QED) is 0.516. The van der Waals surface area contributed by atoms with Crippen molar-refractivity contribution in [1.82, 2.24) is 0 Å². The molecule has 0 aromatic rings. The smallest absolute Gasteiger partial charge is 0.302 e. The molecule has 0 heterocycles. The van der Waals surface area contributed by atoms with Crippen molar-refractivity contribution < 1.29 is 18.7 Å². The van der Waals surface area contributed by atoms with Crippen molar-refractivity contribution in [2.24, 2.45) is 23.2 Å². The fourth-order valence-corrected chi connectivity index (χ4v) is 6.46. The molecule has 0 aromatic carbocycles. The summed E-state index contributed by atoms with van der Waals surface area (Å²) in [4.78, 5) is 23.7. The van der Waals surface area contributed by atoms with Crippen molar-refractivity contribution in [1.29, 1.82) is 0 Å². The van der Waals surface area contributed by atoms with Crippen LogP contribution in [0.3, 0.4) is 0 Å². The standard InChI is InChI=1S/C21H29FO3/c1-12(23)25-15-3-4-16-13(10-15)9-14(22)11-18-17(16)7-8-21(2)19(18)5-6-20(21)24/h14-15,17-19H,3-11H2,1-2H3/t14-,15+,17-,18-,19-,21-/m1/s1. The zero-order valence-corrected chi connectivity index (χ0v) is 15.4. The average Bonchev–Trinajstić information content (AvgIpc) is 2.76. The second-order valence-corrected chi connectivity index (χ2v) is 8.93. The van der Waals surface area contributed by atoms with Crippen molar-refractivity contribution in [3.8, 4) is 0 Å². The minimum atomic E-state index is -0.825. The molecule has 0 amide bonds. The van der Waals surface area contributed by atoms with E-state index in [9.17, 15) is 14.0 Å². The second kappa shape index (κ2) is 6.21. The third kappa shape index (κ3) is 2.86. The highest BCUT2D eigenvalue weighted by Gasteiger charge is 2.55. The summed E-state index contributed by atoms with van der Waals surface area (Å²) in [6.45, 7) is 3.58. The average molecular weight is 348 g/mol. The Morgan fingerprint density at radius 2 is 2.00 bits per heavy atom. The number of Topliss-reactive ketones (excluding diaryl/α,β-unsaturated/α-hetero) is 1. The molecule has 138 valence electrons. The van der Waals surface area contributed by atoms with Crippen molar-refractivity contribution in [3.05, 3.63) is 11.1 Å². The van der Waals surface area contributed by atoms with Crippen LogP contribution in [0.5, 0.6) is 0 Å². The molecule has 0 radical (unpaired) electrons. The summed E-state index contributed by atoms with van der Waals surface area (Å²) in [6.07, 6.45) is 6.30. The van der Waals surface area contributed by atoms with Crippen molar-refractivity contribution in [2.45, 2.75) is 83.9 Å². The Morgan fingerprint density at radius 1 is 1.20 bits per heavy atom. The molecule has 0 bridgehead atoms. The third-order valence-electron chi connectivity index (χ3n) is 7.59. The highest BCUT2D eigenvalue weighted by Crippen LogP contribution is 2.59. The Bertz CT molecular complexity index is 625. The summed E-state index contributed by atoms with van der Waals surface area (Å²) in [5.41, 5.74) is 2.46. The molecule has 4 heteroatoms. The Kier molecular flexibility index (Phi) is 4.28. The SMILES string of the molecule is CC(=O)O[C@H]1CCC2=C(C[C@@H](F)C[C@@H]3[C@@H]2CC[C@@]2(C)C(=O)CC[C@H]32)C1. The van der Waals surface area contributed by atoms with Gasteiger partial charge in [0, 0.05) is 25.2 Å². The van der Waals surface area contributed by atoms with Gasteiger partial charge in [-0.1, -0.05) is 18.1 Å². The van der Waals surface area contributed by atoms with Crippen molar-refractivity contribution in [2.75, 3.05) is 0 Å². The van der Waals surface area contributed by atoms with Crippen LogP contribution in [0.25, 0.3) is 0 Å². The van der Waals surface area contributed by atoms with E-state index in [1.807, 2.05) is 0 Å². The first kappa shape index (κ1) is 17.2. The molecule has 2 fully saturated rings. The van der Waals surface area contributed by atoms with Gasteiger partial charge in [0.2, 0.25) is 0 Å². The Labute approximate surface area is 149 Å². The zero-order valence-electron chi connectivity index (χ0n) is 15.4. The number of allylic oxidation sites excluding steroid dienone is 1. The number of hydrogen-bond acceptors (Lipinski definition) is 3. The predicted octanol–water partition coefficient (Wildman–Crippen LogP) is 4.54. The van der Waals surface area contributed by atoms with Crippen LogP contribution < -0.4 is 0 Å². The van der Waals surface area contributed by atoms with Crippen LogP contribution in [0.1, 0.15) is 71.6 Å². The van der Waals surface area contributed by atoms with E-state index in [1.54, 1.807) is 0 Å². The van der Waals surface area contributed by atoms with E-state index in [4.69, 9.17) is 4.74 Å². The van der Waals surface area contributed by atoms with Crippen LogP contribution in [0.2, 0.25) is 0 Å². The zero-order chi connectivity index (χ0) is 17.8. The number of fused-ring (bicyclic) bond motifs is 4. The van der Waals surface area contributed by atoms with Gasteiger partial charge < -0.3 is 4.74 Å². The van der Waals surface area contributed by atoms with Crippen LogP contribution >= 0.6 is 0 Å². The first-order chi connectivity index (χ1) is 11.9. The summed E-state index contributed by atoms with van der Waals surface area (Å²) in [6, 6.07) is 0. The van der Waals surface area contributed by atoms with Crippen LogP contribution in [-0.2, 0) is 14.3 Å². The molecular weight excluding hydrogens is 319 g/mol. The first-order valence-electron chi connectivity index (χ1n) is 9.94. The fraction of sp³-hybridized carbons (Fsp3) is 0.810. The van der Waals surface area contributed by atoms with E-state index in [0.29, 0.717) is 49.2 Å². The molecule has 0 aliphatic heterocycles. The minimum Gasteiger partial charge on any atom is -0.462 e. The Morgan fingerprint density at radius 3 is 2.76 bits per heavy atom. The van der Waals surface area contributed by atoms with Crippen molar-refractivity contribution >= 4 is 11.8 Å². The number of hydrogen-bond donors (Lipinski definition) is 0. The van der Waals surface area contributed by atoms with Gasteiger partial charge in [0.25, 0.3) is 0 Å². The Balaban J connectivity index is 1.62. The Hall–Kier alpha value is -1.19. The lowest BCUT2D eigenvalue weighted by Crippen LogP contribution is -2.42. The van der Waals surface area contributed by atoms with Gasteiger partial charge in [-0.05, 0) is 62.7 Å². The van der Waals surface area contributed by atoms with Gasteiger partial charge in [0.1, 0.15) is 18.1 Å². The van der Waals surface area contributed by atoms with E-state index in [1.165, 1.54) is 18.1 Å². The fourth-order valence-electron chi connectivity index (χ4n) is 6.46. The summed E-state index contributed by atoms with van der Waals surface area (Å²) >= 11 is 0. The minimum absolute atomic E-state index is 0.0816. The summed E-state index contributed by atoms with van der Waals surface area (Å²) in [5.74, 6) is 1.28. The number of ketones is 1. The molecule has 3 nitrogen and oxygen atoms in total. The molecule has 0 saturated heterocycles. The maximum atomic E-state index is 14.8. The lowest BCUT2D eigenvalue weighted by Gasteiger charge is -2.46. The molecule has 0 unspecified atom stereocenters. The predicted molar refractivity (Wildman–Crippen MR) is 92.6 cm³/mol. The topological polar surface area (TPSA) is 43.4 Å². The maximum Gasteiger partial charge on any atom is 0.302 e. The number of rotatable bonds is 1. The molecule has 0 aromatic heterocycles. The van der Waals surface area contributed by atoms with Gasteiger partial charge in [-0.3, -0.25) is 9.59 Å². The molecule has 0 spiro atoms. The number of esters is 1. The van der Waals surface area contributed by atoms with Gasteiger partial charge in [-0.15, -0.1) is 0 Å². The number of halogens is 1. The van der Waals surface area contributed by atoms with Crippen LogP contribution in [0.4, 0.5) is 4.39 Å². The summed E-state index contributed by atoms with van der Waals surface area (Å²) in [5, 5.41) is 0. The molecule has 4 aliphatic rings. The monoisotopic (exact) mass is 348 g/mol.